The molecule has 3 rings (SSSR count). The molecule has 0 aliphatic carbocycles. The first-order chi connectivity index (χ1) is 13.3. The molecule has 0 atom stereocenters. The Kier molecular flexibility index (Phi) is 7.21. The Hall–Kier alpha value is -2.41. The predicted molar refractivity (Wildman–Crippen MR) is 111 cm³/mol. The molecule has 0 radical (unpaired) electrons. The summed E-state index contributed by atoms with van der Waals surface area (Å²) in [6.07, 6.45) is 7.35. The van der Waals surface area contributed by atoms with Gasteiger partial charge in [-0.15, -0.1) is 0 Å². The Bertz CT molecular complexity index is 860. The van der Waals surface area contributed by atoms with Gasteiger partial charge in [-0.1, -0.05) is 0 Å². The monoisotopic (exact) mass is 388 g/mol. The highest BCUT2D eigenvalue weighted by molar-refractivity contribution is 7.98. The van der Waals surface area contributed by atoms with Gasteiger partial charge in [-0.3, -0.25) is 4.99 Å². The van der Waals surface area contributed by atoms with E-state index in [1.54, 1.807) is 18.0 Å². The zero-order valence-corrected chi connectivity index (χ0v) is 16.2. The van der Waals surface area contributed by atoms with Crippen molar-refractivity contribution in [2.45, 2.75) is 12.8 Å². The van der Waals surface area contributed by atoms with E-state index in [1.165, 1.54) is 12.1 Å². The Balaban J connectivity index is 1.52. The Morgan fingerprint density at radius 2 is 2.07 bits per heavy atom. The number of hydrogen-bond donors (Lipinski definition) is 3. The molecule has 0 spiro atoms. The van der Waals surface area contributed by atoms with Gasteiger partial charge < -0.3 is 20.0 Å². The highest BCUT2D eigenvalue weighted by Crippen LogP contribution is 2.19. The van der Waals surface area contributed by atoms with E-state index in [9.17, 15) is 4.39 Å². The lowest BCUT2D eigenvalue weighted by atomic mass is 10.1. The Morgan fingerprint density at radius 3 is 2.85 bits per heavy atom. The van der Waals surface area contributed by atoms with Gasteiger partial charge >= 0.3 is 0 Å². The number of thioether (sulfide) groups is 1. The molecule has 3 aromatic rings. The van der Waals surface area contributed by atoms with Crippen LogP contribution in [0.25, 0.3) is 10.9 Å². The van der Waals surface area contributed by atoms with Crippen molar-refractivity contribution in [3.05, 3.63) is 59.9 Å². The SMILES string of the molecule is CSCCN=C(NCCc1ccco1)NCCc1c[nH]c2cc(F)ccc12. The standard InChI is InChI=1S/C20H25FN4OS/c1-27-12-10-24-20(23-9-7-17-3-2-11-26-17)22-8-6-15-14-25-19-13-16(21)4-5-18(15)19/h2-5,11,13-14,25H,6-10,12H2,1H3,(H2,22,23,24). The van der Waals surface area contributed by atoms with Gasteiger partial charge in [0.25, 0.3) is 0 Å². The fourth-order valence-corrected chi connectivity index (χ4v) is 3.14. The molecule has 2 heterocycles. The molecule has 0 unspecified atom stereocenters. The molecule has 1 aromatic carbocycles. The summed E-state index contributed by atoms with van der Waals surface area (Å²) in [5, 5.41) is 7.80. The summed E-state index contributed by atoms with van der Waals surface area (Å²) >= 11 is 1.78. The van der Waals surface area contributed by atoms with Crippen molar-refractivity contribution in [2.24, 2.45) is 4.99 Å². The molecule has 0 aliphatic rings. The molecule has 3 N–H and O–H groups in total. The van der Waals surface area contributed by atoms with Crippen LogP contribution >= 0.6 is 11.8 Å². The third-order valence-corrected chi connectivity index (χ3v) is 4.82. The quantitative estimate of drug-likeness (QED) is 0.298. The number of rotatable bonds is 9. The number of aromatic nitrogens is 1. The summed E-state index contributed by atoms with van der Waals surface area (Å²) in [5.74, 6) is 2.52. The fraction of sp³-hybridized carbons (Fsp3) is 0.350. The molecule has 144 valence electrons. The maximum atomic E-state index is 13.3. The molecular weight excluding hydrogens is 363 g/mol. The minimum absolute atomic E-state index is 0.224. The summed E-state index contributed by atoms with van der Waals surface area (Å²) in [7, 11) is 0. The molecule has 7 heteroatoms. The lowest BCUT2D eigenvalue weighted by Crippen LogP contribution is -2.39. The third kappa shape index (κ3) is 5.79. The normalized spacial score (nSPS) is 11.9. The molecule has 0 saturated heterocycles. The second kappa shape index (κ2) is 10.1. The molecule has 5 nitrogen and oxygen atoms in total. The van der Waals surface area contributed by atoms with Crippen LogP contribution in [0.1, 0.15) is 11.3 Å². The van der Waals surface area contributed by atoms with Crippen LogP contribution in [0.2, 0.25) is 0 Å². The van der Waals surface area contributed by atoms with E-state index in [1.807, 2.05) is 24.4 Å². The smallest absolute Gasteiger partial charge is 0.191 e. The molecule has 0 aliphatic heterocycles. The van der Waals surface area contributed by atoms with Crippen LogP contribution in [-0.4, -0.2) is 42.6 Å². The van der Waals surface area contributed by atoms with Gasteiger partial charge in [0.15, 0.2) is 5.96 Å². The maximum Gasteiger partial charge on any atom is 0.191 e. The van der Waals surface area contributed by atoms with Gasteiger partial charge in [0.1, 0.15) is 11.6 Å². The molecule has 0 amide bonds. The highest BCUT2D eigenvalue weighted by Gasteiger charge is 2.06. The summed E-state index contributed by atoms with van der Waals surface area (Å²) in [6, 6.07) is 8.72. The molecule has 2 aromatic heterocycles. The minimum atomic E-state index is -0.224. The van der Waals surface area contributed by atoms with Gasteiger partial charge in [0.05, 0.1) is 12.8 Å². The van der Waals surface area contributed by atoms with E-state index >= 15 is 0 Å². The number of guanidine groups is 1. The van der Waals surface area contributed by atoms with Crippen molar-refractivity contribution < 1.29 is 8.81 Å². The number of aromatic amines is 1. The van der Waals surface area contributed by atoms with Gasteiger partial charge in [0, 0.05) is 42.4 Å². The van der Waals surface area contributed by atoms with E-state index in [0.717, 1.165) is 66.4 Å². The van der Waals surface area contributed by atoms with Gasteiger partial charge in [0.2, 0.25) is 0 Å². The minimum Gasteiger partial charge on any atom is -0.469 e. The number of aliphatic imine (C=N–C) groups is 1. The van der Waals surface area contributed by atoms with Crippen LogP contribution in [0.4, 0.5) is 4.39 Å². The molecule has 0 bridgehead atoms. The van der Waals surface area contributed by atoms with Crippen LogP contribution in [0.3, 0.4) is 0 Å². The van der Waals surface area contributed by atoms with E-state index in [-0.39, 0.29) is 5.82 Å². The van der Waals surface area contributed by atoms with Gasteiger partial charge in [-0.05, 0) is 48.6 Å². The number of nitrogens with one attached hydrogen (secondary N) is 3. The van der Waals surface area contributed by atoms with Crippen LogP contribution in [0, 0.1) is 5.82 Å². The summed E-state index contributed by atoms with van der Waals surface area (Å²) in [4.78, 5) is 7.74. The van der Waals surface area contributed by atoms with E-state index in [2.05, 4.69) is 26.9 Å². The number of hydrogen-bond acceptors (Lipinski definition) is 3. The largest absolute Gasteiger partial charge is 0.469 e. The van der Waals surface area contributed by atoms with Crippen molar-refractivity contribution in [2.75, 3.05) is 31.6 Å². The Labute approximate surface area is 162 Å². The third-order valence-electron chi connectivity index (χ3n) is 4.23. The number of H-pyrrole nitrogens is 1. The average Bonchev–Trinajstić information content (AvgIpc) is 3.31. The zero-order chi connectivity index (χ0) is 18.9. The molecule has 0 fully saturated rings. The van der Waals surface area contributed by atoms with Crippen molar-refractivity contribution in [3.63, 3.8) is 0 Å². The number of furan rings is 1. The first-order valence-electron chi connectivity index (χ1n) is 9.05. The second-order valence-corrected chi connectivity index (χ2v) is 7.15. The lowest BCUT2D eigenvalue weighted by molar-refractivity contribution is 0.507. The highest BCUT2D eigenvalue weighted by atomic mass is 32.2. The number of benzene rings is 1. The lowest BCUT2D eigenvalue weighted by Gasteiger charge is -2.12. The average molecular weight is 389 g/mol. The predicted octanol–water partition coefficient (Wildman–Crippen LogP) is 3.58. The number of halogens is 1. The second-order valence-electron chi connectivity index (χ2n) is 6.16. The zero-order valence-electron chi connectivity index (χ0n) is 15.4. The van der Waals surface area contributed by atoms with Crippen LogP contribution in [0.5, 0.6) is 0 Å². The van der Waals surface area contributed by atoms with Crippen molar-refractivity contribution in [3.8, 4) is 0 Å². The van der Waals surface area contributed by atoms with Gasteiger partial charge in [-0.2, -0.15) is 11.8 Å². The van der Waals surface area contributed by atoms with E-state index < -0.39 is 0 Å². The van der Waals surface area contributed by atoms with Crippen molar-refractivity contribution in [1.82, 2.24) is 15.6 Å². The maximum absolute atomic E-state index is 13.3. The molecule has 27 heavy (non-hydrogen) atoms. The van der Waals surface area contributed by atoms with Crippen LogP contribution in [0.15, 0.2) is 52.2 Å². The first-order valence-corrected chi connectivity index (χ1v) is 10.4. The van der Waals surface area contributed by atoms with Crippen LogP contribution < -0.4 is 10.6 Å². The topological polar surface area (TPSA) is 65.3 Å². The summed E-state index contributed by atoms with van der Waals surface area (Å²) < 4.78 is 18.7. The summed E-state index contributed by atoms with van der Waals surface area (Å²) in [5.41, 5.74) is 1.99. The van der Waals surface area contributed by atoms with Crippen molar-refractivity contribution >= 4 is 28.6 Å². The van der Waals surface area contributed by atoms with E-state index in [0.29, 0.717) is 0 Å². The Morgan fingerprint density at radius 1 is 1.22 bits per heavy atom. The van der Waals surface area contributed by atoms with Crippen molar-refractivity contribution in [1.29, 1.82) is 0 Å². The molecular formula is C20H25FN4OS. The first kappa shape index (κ1) is 19.4. The number of nitrogens with zero attached hydrogens (tertiary/aromatic N) is 1. The molecule has 0 saturated carbocycles. The van der Waals surface area contributed by atoms with E-state index in [4.69, 9.17) is 4.42 Å². The fourth-order valence-electron chi connectivity index (χ4n) is 2.86. The van der Waals surface area contributed by atoms with Crippen LogP contribution in [-0.2, 0) is 12.8 Å². The number of fused-ring (bicyclic) bond motifs is 1. The summed E-state index contributed by atoms with van der Waals surface area (Å²) in [6.45, 7) is 2.27. The van der Waals surface area contributed by atoms with Gasteiger partial charge in [-0.25, -0.2) is 4.39 Å².